The molecule has 9 nitrogen and oxygen atoms in total. The number of nitrogens with one attached hydrogen (secondary N) is 1. The Morgan fingerprint density at radius 2 is 1.91 bits per heavy atom. The molecule has 0 atom stereocenters. The molecule has 0 radical (unpaired) electrons. The summed E-state index contributed by atoms with van der Waals surface area (Å²) in [5, 5.41) is 11.1. The number of hydrogen-bond acceptors (Lipinski definition) is 7. The quantitative estimate of drug-likeness (QED) is 0.629. The fourth-order valence-corrected chi connectivity index (χ4v) is 2.96. The number of benzene rings is 1. The van der Waals surface area contributed by atoms with Gasteiger partial charge in [-0.3, -0.25) is 14.8 Å². The molecule has 23 heavy (non-hydrogen) atoms. The Morgan fingerprint density at radius 1 is 1.17 bits per heavy atom. The highest BCUT2D eigenvalue weighted by atomic mass is 32.2. The Kier molecular flexibility index (Phi) is 4.65. The van der Waals surface area contributed by atoms with Crippen LogP contribution in [0.3, 0.4) is 0 Å². The highest BCUT2D eigenvalue weighted by Crippen LogP contribution is 2.29. The number of nitrogens with zero attached hydrogens (tertiary/aromatic N) is 2. The second kappa shape index (κ2) is 6.48. The summed E-state index contributed by atoms with van der Waals surface area (Å²) in [6, 6.07) is 6.37. The van der Waals surface area contributed by atoms with E-state index in [1.165, 1.54) is 38.6 Å². The lowest BCUT2D eigenvalue weighted by molar-refractivity contribution is -0.387. The van der Waals surface area contributed by atoms with Gasteiger partial charge in [0.1, 0.15) is 5.75 Å². The fourth-order valence-electron chi connectivity index (χ4n) is 1.77. The summed E-state index contributed by atoms with van der Waals surface area (Å²) in [6.45, 7) is 0. The van der Waals surface area contributed by atoms with E-state index in [0.717, 1.165) is 12.1 Å². The van der Waals surface area contributed by atoms with E-state index in [1.54, 1.807) is 0 Å². The molecule has 0 bridgehead atoms. The van der Waals surface area contributed by atoms with Crippen molar-refractivity contribution in [1.29, 1.82) is 0 Å². The number of hydrogen-bond donors (Lipinski definition) is 1. The molecule has 1 N–H and O–H groups in total. The van der Waals surface area contributed by atoms with Gasteiger partial charge >= 0.3 is 0 Å². The lowest BCUT2D eigenvalue weighted by Gasteiger charge is -2.09. The minimum atomic E-state index is -4.16. The SMILES string of the molecule is COc1ccc(S(=O)(=O)Nc2ccc(OC)nc2)c([N+](=O)[O-])c1. The van der Waals surface area contributed by atoms with E-state index in [-0.39, 0.29) is 11.4 Å². The van der Waals surface area contributed by atoms with Crippen LogP contribution in [0.4, 0.5) is 11.4 Å². The van der Waals surface area contributed by atoms with Crippen LogP contribution in [0.15, 0.2) is 41.4 Å². The van der Waals surface area contributed by atoms with Crippen molar-refractivity contribution in [3.05, 3.63) is 46.6 Å². The van der Waals surface area contributed by atoms with Gasteiger partial charge in [-0.2, -0.15) is 0 Å². The molecule has 10 heteroatoms. The van der Waals surface area contributed by atoms with Gasteiger partial charge in [0.25, 0.3) is 15.7 Å². The highest BCUT2D eigenvalue weighted by molar-refractivity contribution is 7.92. The van der Waals surface area contributed by atoms with E-state index < -0.39 is 25.5 Å². The van der Waals surface area contributed by atoms with Crippen molar-refractivity contribution >= 4 is 21.4 Å². The molecule has 2 rings (SSSR count). The van der Waals surface area contributed by atoms with E-state index in [2.05, 4.69) is 9.71 Å². The normalized spacial score (nSPS) is 10.9. The molecule has 0 saturated carbocycles. The third-order valence-electron chi connectivity index (χ3n) is 2.85. The fraction of sp³-hybridized carbons (Fsp3) is 0.154. The van der Waals surface area contributed by atoms with Gasteiger partial charge in [0.15, 0.2) is 4.90 Å². The van der Waals surface area contributed by atoms with Gasteiger partial charge in [0, 0.05) is 6.07 Å². The number of methoxy groups -OCH3 is 2. The molecule has 0 aliphatic rings. The van der Waals surface area contributed by atoms with Crippen LogP contribution < -0.4 is 14.2 Å². The molecule has 0 spiro atoms. The van der Waals surface area contributed by atoms with Crippen molar-refractivity contribution < 1.29 is 22.8 Å². The van der Waals surface area contributed by atoms with Crippen LogP contribution in [0.2, 0.25) is 0 Å². The summed E-state index contributed by atoms with van der Waals surface area (Å²) in [7, 11) is -1.41. The zero-order valence-corrected chi connectivity index (χ0v) is 13.0. The van der Waals surface area contributed by atoms with Gasteiger partial charge in [-0.25, -0.2) is 13.4 Å². The van der Waals surface area contributed by atoms with Crippen LogP contribution in [0.5, 0.6) is 11.6 Å². The van der Waals surface area contributed by atoms with Crippen LogP contribution in [-0.2, 0) is 10.0 Å². The number of nitro benzene ring substituents is 1. The largest absolute Gasteiger partial charge is 0.497 e. The summed E-state index contributed by atoms with van der Waals surface area (Å²) in [6.07, 6.45) is 1.24. The third-order valence-corrected chi connectivity index (χ3v) is 4.28. The summed E-state index contributed by atoms with van der Waals surface area (Å²) in [5.41, 5.74) is -0.436. The summed E-state index contributed by atoms with van der Waals surface area (Å²) >= 11 is 0. The predicted octanol–water partition coefficient (Wildman–Crippen LogP) is 1.81. The first-order valence-electron chi connectivity index (χ1n) is 6.22. The van der Waals surface area contributed by atoms with E-state index in [0.29, 0.717) is 5.88 Å². The lowest BCUT2D eigenvalue weighted by Crippen LogP contribution is -2.15. The number of pyridine rings is 1. The predicted molar refractivity (Wildman–Crippen MR) is 81.2 cm³/mol. The summed E-state index contributed by atoms with van der Waals surface area (Å²) < 4.78 is 36.7. The number of anilines is 1. The van der Waals surface area contributed by atoms with Crippen molar-refractivity contribution in [2.24, 2.45) is 0 Å². The molecule has 0 aliphatic carbocycles. The highest BCUT2D eigenvalue weighted by Gasteiger charge is 2.26. The van der Waals surface area contributed by atoms with Crippen LogP contribution in [0.1, 0.15) is 0 Å². The van der Waals surface area contributed by atoms with E-state index in [1.807, 2.05) is 0 Å². The van der Waals surface area contributed by atoms with Gasteiger partial charge in [-0.15, -0.1) is 0 Å². The van der Waals surface area contributed by atoms with Gasteiger partial charge in [0.2, 0.25) is 5.88 Å². The van der Waals surface area contributed by atoms with Crippen molar-refractivity contribution in [3.63, 3.8) is 0 Å². The van der Waals surface area contributed by atoms with Gasteiger partial charge in [-0.05, 0) is 18.2 Å². The molecule has 0 aliphatic heterocycles. The van der Waals surface area contributed by atoms with Crippen molar-refractivity contribution in [1.82, 2.24) is 4.98 Å². The number of aromatic nitrogens is 1. The first kappa shape index (κ1) is 16.5. The Hall–Kier alpha value is -2.88. The summed E-state index contributed by atoms with van der Waals surface area (Å²) in [4.78, 5) is 13.7. The zero-order valence-electron chi connectivity index (χ0n) is 12.2. The van der Waals surface area contributed by atoms with Crippen LogP contribution in [-0.4, -0.2) is 32.5 Å². The monoisotopic (exact) mass is 339 g/mol. The maximum atomic E-state index is 12.4. The Balaban J connectivity index is 2.40. The first-order valence-corrected chi connectivity index (χ1v) is 7.71. The number of ether oxygens (including phenoxy) is 2. The molecular formula is C13H13N3O6S. The smallest absolute Gasteiger partial charge is 0.293 e. The van der Waals surface area contributed by atoms with Crippen LogP contribution in [0.25, 0.3) is 0 Å². The molecule has 1 aromatic heterocycles. The molecular weight excluding hydrogens is 326 g/mol. The van der Waals surface area contributed by atoms with Gasteiger partial charge < -0.3 is 9.47 Å². The first-order chi connectivity index (χ1) is 10.9. The Morgan fingerprint density at radius 3 is 2.43 bits per heavy atom. The van der Waals surface area contributed by atoms with Crippen molar-refractivity contribution in [2.75, 3.05) is 18.9 Å². The summed E-state index contributed by atoms with van der Waals surface area (Å²) in [5.74, 6) is 0.491. The molecule has 0 saturated heterocycles. The van der Waals surface area contributed by atoms with Crippen LogP contribution >= 0.6 is 0 Å². The van der Waals surface area contributed by atoms with E-state index >= 15 is 0 Å². The molecule has 0 amide bonds. The van der Waals surface area contributed by atoms with Crippen molar-refractivity contribution in [2.45, 2.75) is 4.90 Å². The minimum Gasteiger partial charge on any atom is -0.497 e. The standard InChI is InChI=1S/C13H13N3O6S/c1-21-10-4-5-12(11(7-10)16(17)18)23(19,20)15-9-3-6-13(22-2)14-8-9/h3-8,15H,1-2H3. The average molecular weight is 339 g/mol. The van der Waals surface area contributed by atoms with E-state index in [4.69, 9.17) is 9.47 Å². The topological polar surface area (TPSA) is 121 Å². The second-order valence-electron chi connectivity index (χ2n) is 4.29. The molecule has 2 aromatic rings. The number of sulfonamides is 1. The number of rotatable bonds is 6. The maximum Gasteiger partial charge on any atom is 0.293 e. The third kappa shape index (κ3) is 3.66. The Bertz CT molecular complexity index is 820. The van der Waals surface area contributed by atoms with Gasteiger partial charge in [-0.1, -0.05) is 0 Å². The minimum absolute atomic E-state index is 0.149. The van der Waals surface area contributed by atoms with Gasteiger partial charge in [0.05, 0.1) is 37.1 Å². The van der Waals surface area contributed by atoms with E-state index in [9.17, 15) is 18.5 Å². The molecule has 1 heterocycles. The van der Waals surface area contributed by atoms with Crippen molar-refractivity contribution in [3.8, 4) is 11.6 Å². The molecule has 0 unspecified atom stereocenters. The Labute approximate surface area is 132 Å². The zero-order chi connectivity index (χ0) is 17.0. The maximum absolute atomic E-state index is 12.4. The average Bonchev–Trinajstić information content (AvgIpc) is 2.54. The second-order valence-corrected chi connectivity index (χ2v) is 5.94. The lowest BCUT2D eigenvalue weighted by atomic mass is 10.3. The van der Waals surface area contributed by atoms with Crippen LogP contribution in [0, 0.1) is 10.1 Å². The molecule has 0 fully saturated rings. The molecule has 122 valence electrons. The molecule has 1 aromatic carbocycles. The number of nitro groups is 1.